The fourth-order valence-corrected chi connectivity index (χ4v) is 3.03. The number of hydrogen-bond acceptors (Lipinski definition) is 3. The lowest BCUT2D eigenvalue weighted by molar-refractivity contribution is -0.134. The van der Waals surface area contributed by atoms with E-state index >= 15 is 0 Å². The van der Waals surface area contributed by atoms with Gasteiger partial charge in [-0.1, -0.05) is 23.7 Å². The molecule has 6 heteroatoms. The molecule has 1 N–H and O–H groups in total. The van der Waals surface area contributed by atoms with Crippen molar-refractivity contribution in [2.75, 3.05) is 12.4 Å². The van der Waals surface area contributed by atoms with Crippen molar-refractivity contribution in [2.24, 2.45) is 0 Å². The van der Waals surface area contributed by atoms with Crippen LogP contribution in [0.1, 0.15) is 33.0 Å². The summed E-state index contributed by atoms with van der Waals surface area (Å²) in [6, 6.07) is 10.1. The molecule has 3 rings (SSSR count). The van der Waals surface area contributed by atoms with Crippen LogP contribution in [0.4, 0.5) is 5.69 Å². The van der Waals surface area contributed by atoms with Gasteiger partial charge in [0.1, 0.15) is 5.92 Å². The summed E-state index contributed by atoms with van der Waals surface area (Å²) in [4.78, 5) is 38.6. The molecule has 0 radical (unpaired) electrons. The number of fused-ring (bicyclic) bond motifs is 1. The molecule has 1 unspecified atom stereocenters. The Morgan fingerprint density at radius 2 is 1.80 bits per heavy atom. The number of amides is 3. The third-order valence-electron chi connectivity index (χ3n) is 4.48. The molecular weight excluding hydrogens is 340 g/mol. The van der Waals surface area contributed by atoms with Gasteiger partial charge in [0.15, 0.2) is 0 Å². The first-order chi connectivity index (χ1) is 11.8. The quantitative estimate of drug-likeness (QED) is 0.663. The number of halogens is 1. The summed E-state index contributed by atoms with van der Waals surface area (Å²) in [5, 5.41) is 3.15. The van der Waals surface area contributed by atoms with E-state index in [1.54, 1.807) is 18.2 Å². The van der Waals surface area contributed by atoms with E-state index in [9.17, 15) is 14.4 Å². The SMILES string of the molecule is Cc1ccc(NC(=O)C2C(=O)N(C)C(=O)c3cc(Cl)ccc32)cc1C. The van der Waals surface area contributed by atoms with Gasteiger partial charge in [-0.2, -0.15) is 0 Å². The number of benzene rings is 2. The Morgan fingerprint density at radius 1 is 1.08 bits per heavy atom. The van der Waals surface area contributed by atoms with Crippen molar-refractivity contribution >= 4 is 35.0 Å². The highest BCUT2D eigenvalue weighted by molar-refractivity contribution is 6.31. The molecule has 1 atom stereocenters. The van der Waals surface area contributed by atoms with Crippen LogP contribution >= 0.6 is 11.6 Å². The van der Waals surface area contributed by atoms with Gasteiger partial charge in [0, 0.05) is 23.3 Å². The van der Waals surface area contributed by atoms with Crippen LogP contribution in [0.5, 0.6) is 0 Å². The number of carbonyl (C=O) groups excluding carboxylic acids is 3. The van der Waals surface area contributed by atoms with Crippen LogP contribution in [0.25, 0.3) is 0 Å². The molecule has 0 aromatic heterocycles. The van der Waals surface area contributed by atoms with Crippen molar-refractivity contribution < 1.29 is 14.4 Å². The van der Waals surface area contributed by atoms with Gasteiger partial charge in [-0.15, -0.1) is 0 Å². The van der Waals surface area contributed by atoms with Crippen molar-refractivity contribution in [2.45, 2.75) is 19.8 Å². The van der Waals surface area contributed by atoms with Gasteiger partial charge < -0.3 is 5.32 Å². The monoisotopic (exact) mass is 356 g/mol. The number of anilines is 1. The molecule has 0 saturated carbocycles. The lowest BCUT2D eigenvalue weighted by atomic mass is 9.88. The summed E-state index contributed by atoms with van der Waals surface area (Å²) in [6.45, 7) is 3.92. The normalized spacial score (nSPS) is 16.6. The Morgan fingerprint density at radius 3 is 2.48 bits per heavy atom. The second-order valence-electron chi connectivity index (χ2n) is 6.16. The van der Waals surface area contributed by atoms with Crippen molar-refractivity contribution in [1.82, 2.24) is 4.90 Å². The van der Waals surface area contributed by atoms with E-state index in [0.29, 0.717) is 16.3 Å². The predicted octanol–water partition coefficient (Wildman–Crippen LogP) is 3.29. The molecular formula is C19H17ClN2O3. The van der Waals surface area contributed by atoms with Crippen molar-refractivity contribution in [3.8, 4) is 0 Å². The van der Waals surface area contributed by atoms with Gasteiger partial charge in [-0.25, -0.2) is 0 Å². The van der Waals surface area contributed by atoms with Gasteiger partial charge in [0.25, 0.3) is 5.91 Å². The summed E-state index contributed by atoms with van der Waals surface area (Å²) in [6.07, 6.45) is 0. The maximum Gasteiger partial charge on any atom is 0.260 e. The topological polar surface area (TPSA) is 66.5 Å². The highest BCUT2D eigenvalue weighted by Crippen LogP contribution is 2.32. The molecule has 1 heterocycles. The molecule has 5 nitrogen and oxygen atoms in total. The number of rotatable bonds is 2. The summed E-state index contributed by atoms with van der Waals surface area (Å²) in [5.74, 6) is -2.58. The van der Waals surface area contributed by atoms with Crippen LogP contribution in [0.15, 0.2) is 36.4 Å². The molecule has 0 fully saturated rings. The average Bonchev–Trinajstić information content (AvgIpc) is 2.57. The molecule has 2 aromatic rings. The van der Waals surface area contributed by atoms with Crippen molar-refractivity contribution in [3.05, 3.63) is 63.7 Å². The van der Waals surface area contributed by atoms with Crippen LogP contribution in [0.2, 0.25) is 5.02 Å². The molecule has 0 bridgehead atoms. The van der Waals surface area contributed by atoms with E-state index in [0.717, 1.165) is 16.0 Å². The molecule has 25 heavy (non-hydrogen) atoms. The molecule has 3 amide bonds. The summed E-state index contributed by atoms with van der Waals surface area (Å²) >= 11 is 5.96. The Hall–Kier alpha value is -2.66. The Balaban J connectivity index is 1.99. The average molecular weight is 357 g/mol. The molecule has 0 spiro atoms. The third kappa shape index (κ3) is 3.03. The minimum Gasteiger partial charge on any atom is -0.325 e. The first-order valence-corrected chi connectivity index (χ1v) is 8.17. The summed E-state index contributed by atoms with van der Waals surface area (Å²) in [5.41, 5.74) is 3.40. The van der Waals surface area contributed by atoms with Crippen molar-refractivity contribution in [3.63, 3.8) is 0 Å². The maximum absolute atomic E-state index is 12.8. The summed E-state index contributed by atoms with van der Waals surface area (Å²) in [7, 11) is 1.37. The van der Waals surface area contributed by atoms with Crippen LogP contribution in [-0.2, 0) is 9.59 Å². The van der Waals surface area contributed by atoms with E-state index in [2.05, 4.69) is 5.32 Å². The zero-order chi connectivity index (χ0) is 18.3. The first kappa shape index (κ1) is 17.2. The van der Waals surface area contributed by atoms with E-state index in [-0.39, 0.29) is 5.56 Å². The second kappa shape index (κ2) is 6.33. The molecule has 0 aliphatic carbocycles. The number of nitrogens with zero attached hydrogens (tertiary/aromatic N) is 1. The highest BCUT2D eigenvalue weighted by atomic mass is 35.5. The van der Waals surface area contributed by atoms with Gasteiger partial charge in [0.05, 0.1) is 0 Å². The molecule has 0 saturated heterocycles. The number of imide groups is 1. The first-order valence-electron chi connectivity index (χ1n) is 7.79. The minimum atomic E-state index is -1.09. The van der Waals surface area contributed by atoms with Crippen LogP contribution in [0.3, 0.4) is 0 Å². The third-order valence-corrected chi connectivity index (χ3v) is 4.71. The zero-order valence-corrected chi connectivity index (χ0v) is 14.8. The standard InChI is InChI=1S/C19H17ClN2O3/c1-10-4-6-13(8-11(10)2)21-17(23)16-14-7-5-12(20)9-15(14)18(24)22(3)19(16)25/h4-9,16H,1-3H3,(H,21,23). The Bertz CT molecular complexity index is 908. The number of carbonyl (C=O) groups is 3. The van der Waals surface area contributed by atoms with Gasteiger partial charge >= 0.3 is 0 Å². The number of nitrogens with one attached hydrogen (secondary N) is 1. The minimum absolute atomic E-state index is 0.273. The van der Waals surface area contributed by atoms with E-state index < -0.39 is 23.6 Å². The number of likely N-dealkylation sites (N-methyl/N-ethyl adjacent to an activating group) is 1. The van der Waals surface area contributed by atoms with E-state index in [4.69, 9.17) is 11.6 Å². The van der Waals surface area contributed by atoms with E-state index in [1.165, 1.54) is 13.1 Å². The molecule has 1 aliphatic rings. The van der Waals surface area contributed by atoms with Crippen LogP contribution in [0, 0.1) is 13.8 Å². The fourth-order valence-electron chi connectivity index (χ4n) is 2.86. The van der Waals surface area contributed by atoms with Crippen molar-refractivity contribution in [1.29, 1.82) is 0 Å². The lowest BCUT2D eigenvalue weighted by Crippen LogP contribution is -2.46. The van der Waals surface area contributed by atoms with Gasteiger partial charge in [0.2, 0.25) is 11.8 Å². The smallest absolute Gasteiger partial charge is 0.260 e. The Labute approximate surface area is 150 Å². The highest BCUT2D eigenvalue weighted by Gasteiger charge is 2.41. The number of aryl methyl sites for hydroxylation is 2. The predicted molar refractivity (Wildman–Crippen MR) is 95.8 cm³/mol. The molecule has 1 aliphatic heterocycles. The van der Waals surface area contributed by atoms with E-state index in [1.807, 2.05) is 26.0 Å². The Kier molecular flexibility index (Phi) is 4.35. The lowest BCUT2D eigenvalue weighted by Gasteiger charge is -2.29. The zero-order valence-electron chi connectivity index (χ0n) is 14.1. The van der Waals surface area contributed by atoms with Crippen LogP contribution in [-0.4, -0.2) is 29.7 Å². The largest absolute Gasteiger partial charge is 0.325 e. The van der Waals surface area contributed by atoms with Crippen LogP contribution < -0.4 is 5.32 Å². The maximum atomic E-state index is 12.8. The number of hydrogen-bond donors (Lipinski definition) is 1. The molecule has 128 valence electrons. The second-order valence-corrected chi connectivity index (χ2v) is 6.59. The van der Waals surface area contributed by atoms with Gasteiger partial charge in [-0.05, 0) is 54.8 Å². The summed E-state index contributed by atoms with van der Waals surface area (Å²) < 4.78 is 0. The fraction of sp³-hybridized carbons (Fsp3) is 0.211. The molecule has 2 aromatic carbocycles. The van der Waals surface area contributed by atoms with Gasteiger partial charge in [-0.3, -0.25) is 19.3 Å².